The molecule has 0 spiro atoms. The molecule has 34 heavy (non-hydrogen) atoms. The standard InChI is InChI=1S/C23H20N10O/c24-4-6-27-23(34)19-13-28-21(22-2-1-17-7-15(9-25)10-30-33(17)22)8-20(19)31-16-11-29-32(14-16)18-3-5-26-12-18/h1-2,7-8,10-11,13-14,18,26H,3,5-6,12H2,(H,27,34)(H,28,31). The molecule has 0 saturated carbocycles. The number of hydrogen-bond acceptors (Lipinski definition) is 8. The number of fused-ring (bicyclic) bond motifs is 1. The van der Waals surface area contributed by atoms with Gasteiger partial charge in [0.2, 0.25) is 0 Å². The molecule has 0 bridgehead atoms. The van der Waals surface area contributed by atoms with E-state index in [0.29, 0.717) is 34.2 Å². The first kappa shape index (κ1) is 21.1. The van der Waals surface area contributed by atoms with Gasteiger partial charge in [-0.25, -0.2) is 4.52 Å². The zero-order valence-corrected chi connectivity index (χ0v) is 18.1. The normalized spacial score (nSPS) is 15.1. The van der Waals surface area contributed by atoms with E-state index in [2.05, 4.69) is 37.2 Å². The first-order chi connectivity index (χ1) is 16.7. The second kappa shape index (κ2) is 9.02. The van der Waals surface area contributed by atoms with Gasteiger partial charge >= 0.3 is 0 Å². The molecule has 3 N–H and O–H groups in total. The van der Waals surface area contributed by atoms with E-state index < -0.39 is 5.91 Å². The Morgan fingerprint density at radius 2 is 2.12 bits per heavy atom. The van der Waals surface area contributed by atoms with Crippen LogP contribution in [-0.2, 0) is 0 Å². The third-order valence-corrected chi connectivity index (χ3v) is 5.66. The predicted octanol–water partition coefficient (Wildman–Crippen LogP) is 2.00. The van der Waals surface area contributed by atoms with Crippen molar-refractivity contribution >= 4 is 22.8 Å². The lowest BCUT2D eigenvalue weighted by molar-refractivity contribution is 0.0959. The number of amides is 1. The molecule has 1 saturated heterocycles. The summed E-state index contributed by atoms with van der Waals surface area (Å²) in [6.07, 6.45) is 7.59. The first-order valence-electron chi connectivity index (χ1n) is 10.7. The van der Waals surface area contributed by atoms with Crippen molar-refractivity contribution in [2.75, 3.05) is 25.0 Å². The van der Waals surface area contributed by atoms with Gasteiger partial charge in [-0.2, -0.15) is 20.7 Å². The smallest absolute Gasteiger partial charge is 0.255 e. The second-order valence-electron chi connectivity index (χ2n) is 7.85. The fraction of sp³-hybridized carbons (Fsp3) is 0.217. The van der Waals surface area contributed by atoms with Gasteiger partial charge in [0.25, 0.3) is 5.91 Å². The largest absolute Gasteiger partial charge is 0.352 e. The number of aromatic nitrogens is 5. The minimum absolute atomic E-state index is 0.110. The Morgan fingerprint density at radius 3 is 2.91 bits per heavy atom. The molecule has 168 valence electrons. The Balaban J connectivity index is 1.52. The molecule has 1 fully saturated rings. The molecule has 1 unspecified atom stereocenters. The topological polar surface area (TPSA) is 149 Å². The zero-order valence-electron chi connectivity index (χ0n) is 18.1. The number of anilines is 2. The van der Waals surface area contributed by atoms with E-state index in [0.717, 1.165) is 30.7 Å². The molecule has 11 heteroatoms. The van der Waals surface area contributed by atoms with Crippen LogP contribution in [0.25, 0.3) is 16.9 Å². The number of rotatable bonds is 6. The number of nitrogens with zero attached hydrogens (tertiary/aromatic N) is 7. The van der Waals surface area contributed by atoms with Gasteiger partial charge in [0.05, 0.1) is 63.9 Å². The van der Waals surface area contributed by atoms with Crippen molar-refractivity contribution < 1.29 is 4.79 Å². The van der Waals surface area contributed by atoms with E-state index in [1.54, 1.807) is 22.8 Å². The maximum absolute atomic E-state index is 12.7. The van der Waals surface area contributed by atoms with Crippen molar-refractivity contribution in [1.82, 2.24) is 35.0 Å². The fourth-order valence-electron chi connectivity index (χ4n) is 3.97. The molecule has 1 atom stereocenters. The van der Waals surface area contributed by atoms with Crippen LogP contribution in [0, 0.1) is 22.7 Å². The van der Waals surface area contributed by atoms with Gasteiger partial charge in [-0.3, -0.25) is 14.5 Å². The summed E-state index contributed by atoms with van der Waals surface area (Å²) in [4.78, 5) is 17.2. The lowest BCUT2D eigenvalue weighted by atomic mass is 10.1. The van der Waals surface area contributed by atoms with Crippen LogP contribution in [0.1, 0.15) is 28.4 Å². The van der Waals surface area contributed by atoms with Crippen LogP contribution in [0.3, 0.4) is 0 Å². The van der Waals surface area contributed by atoms with Crippen molar-refractivity contribution in [2.24, 2.45) is 0 Å². The van der Waals surface area contributed by atoms with Crippen LogP contribution in [0.5, 0.6) is 0 Å². The monoisotopic (exact) mass is 452 g/mol. The lowest BCUT2D eigenvalue weighted by Gasteiger charge is -2.12. The Labute approximate surface area is 194 Å². The SMILES string of the molecule is N#CCNC(=O)c1cnc(-c2ccc3cc(C#N)cnn23)cc1Nc1cnn(C2CCNC2)c1. The van der Waals surface area contributed by atoms with Gasteiger partial charge < -0.3 is 16.0 Å². The van der Waals surface area contributed by atoms with Gasteiger partial charge in [-0.05, 0) is 37.2 Å². The van der Waals surface area contributed by atoms with Crippen molar-refractivity contribution in [3.63, 3.8) is 0 Å². The fourth-order valence-corrected chi connectivity index (χ4v) is 3.97. The van der Waals surface area contributed by atoms with Crippen molar-refractivity contribution in [3.8, 4) is 23.5 Å². The summed E-state index contributed by atoms with van der Waals surface area (Å²) >= 11 is 0. The van der Waals surface area contributed by atoms with E-state index in [9.17, 15) is 4.79 Å². The number of nitriles is 2. The van der Waals surface area contributed by atoms with E-state index in [4.69, 9.17) is 10.5 Å². The van der Waals surface area contributed by atoms with Crippen molar-refractivity contribution in [2.45, 2.75) is 12.5 Å². The van der Waals surface area contributed by atoms with E-state index in [1.165, 1.54) is 12.4 Å². The van der Waals surface area contributed by atoms with Crippen LogP contribution < -0.4 is 16.0 Å². The molecular formula is C23H20N10O. The first-order valence-corrected chi connectivity index (χ1v) is 10.7. The third kappa shape index (κ3) is 4.03. The Bertz CT molecular complexity index is 1450. The Hall–Kier alpha value is -4.74. The average Bonchev–Trinajstić information content (AvgIpc) is 3.62. The van der Waals surface area contributed by atoms with Gasteiger partial charge in [-0.1, -0.05) is 0 Å². The average molecular weight is 452 g/mol. The number of pyridine rings is 1. The molecule has 1 aliphatic rings. The molecule has 1 aliphatic heterocycles. The lowest BCUT2D eigenvalue weighted by Crippen LogP contribution is -2.24. The van der Waals surface area contributed by atoms with Crippen LogP contribution >= 0.6 is 0 Å². The highest BCUT2D eigenvalue weighted by atomic mass is 16.1. The summed E-state index contributed by atoms with van der Waals surface area (Å²) in [6.45, 7) is 1.71. The molecule has 4 aromatic heterocycles. The molecule has 0 aromatic carbocycles. The molecule has 5 heterocycles. The molecular weight excluding hydrogens is 432 g/mol. The summed E-state index contributed by atoms with van der Waals surface area (Å²) in [5.74, 6) is -0.410. The second-order valence-corrected chi connectivity index (χ2v) is 7.85. The Morgan fingerprint density at radius 1 is 1.21 bits per heavy atom. The summed E-state index contributed by atoms with van der Waals surface area (Å²) in [5, 5.41) is 35.9. The minimum Gasteiger partial charge on any atom is -0.352 e. The molecule has 0 aliphatic carbocycles. The van der Waals surface area contributed by atoms with Crippen molar-refractivity contribution in [3.05, 3.63) is 60.2 Å². The van der Waals surface area contributed by atoms with Crippen molar-refractivity contribution in [1.29, 1.82) is 10.5 Å². The number of nitrogens with one attached hydrogen (secondary N) is 3. The van der Waals surface area contributed by atoms with E-state index in [1.807, 2.05) is 29.1 Å². The third-order valence-electron chi connectivity index (χ3n) is 5.66. The van der Waals surface area contributed by atoms with Gasteiger partial charge in [0.15, 0.2) is 0 Å². The molecule has 11 nitrogen and oxygen atoms in total. The molecule has 0 radical (unpaired) electrons. The maximum atomic E-state index is 12.7. The van der Waals surface area contributed by atoms with Crippen LogP contribution in [-0.4, -0.2) is 49.9 Å². The highest BCUT2D eigenvalue weighted by Crippen LogP contribution is 2.28. The van der Waals surface area contributed by atoms with Gasteiger partial charge in [-0.15, -0.1) is 0 Å². The highest BCUT2D eigenvalue weighted by Gasteiger charge is 2.19. The van der Waals surface area contributed by atoms with Crippen LogP contribution in [0.4, 0.5) is 11.4 Å². The van der Waals surface area contributed by atoms with Gasteiger partial charge in [0.1, 0.15) is 12.6 Å². The molecule has 4 aromatic rings. The van der Waals surface area contributed by atoms with Crippen LogP contribution in [0.2, 0.25) is 0 Å². The van der Waals surface area contributed by atoms with E-state index >= 15 is 0 Å². The number of carbonyl (C=O) groups is 1. The Kier molecular flexibility index (Phi) is 5.60. The predicted molar refractivity (Wildman–Crippen MR) is 123 cm³/mol. The summed E-state index contributed by atoms with van der Waals surface area (Å²) < 4.78 is 3.60. The quantitative estimate of drug-likeness (QED) is 0.376. The highest BCUT2D eigenvalue weighted by molar-refractivity contribution is 6.00. The number of carbonyl (C=O) groups excluding carboxylic acids is 1. The summed E-state index contributed by atoms with van der Waals surface area (Å²) in [5.41, 5.74) is 4.07. The maximum Gasteiger partial charge on any atom is 0.255 e. The number of hydrogen-bond donors (Lipinski definition) is 3. The zero-order chi connectivity index (χ0) is 23.5. The summed E-state index contributed by atoms with van der Waals surface area (Å²) in [6, 6.07) is 11.5. The van der Waals surface area contributed by atoms with Gasteiger partial charge in [0, 0.05) is 18.9 Å². The summed E-state index contributed by atoms with van der Waals surface area (Å²) in [7, 11) is 0. The van der Waals surface area contributed by atoms with Crippen LogP contribution in [0.15, 0.2) is 49.1 Å². The minimum atomic E-state index is -0.410. The molecule has 5 rings (SSSR count). The molecule has 1 amide bonds. The van der Waals surface area contributed by atoms with E-state index in [-0.39, 0.29) is 6.54 Å².